The first-order valence-corrected chi connectivity index (χ1v) is 6.50. The van der Waals surface area contributed by atoms with Crippen LogP contribution in [0.4, 0.5) is 0 Å². The van der Waals surface area contributed by atoms with E-state index in [0.29, 0.717) is 18.0 Å². The summed E-state index contributed by atoms with van der Waals surface area (Å²) in [6.45, 7) is 4.82. The maximum atomic E-state index is 12.0. The highest BCUT2D eigenvalue weighted by atomic mass is 16.1. The Balaban J connectivity index is 1.96. The summed E-state index contributed by atoms with van der Waals surface area (Å²) in [6.07, 6.45) is 3.69. The number of carbonyl (C=O) groups excluding carboxylic acids is 1. The van der Waals surface area contributed by atoms with Gasteiger partial charge in [-0.1, -0.05) is 26.0 Å². The second-order valence-corrected chi connectivity index (χ2v) is 4.87. The highest BCUT2D eigenvalue weighted by molar-refractivity contribution is 5.94. The molecule has 98 valence electrons. The van der Waals surface area contributed by atoms with Crippen LogP contribution in [0.1, 0.15) is 41.3 Å². The fourth-order valence-corrected chi connectivity index (χ4v) is 1.84. The third-order valence-electron chi connectivity index (χ3n) is 3.08. The molecule has 2 aromatic rings. The molecule has 0 bridgehead atoms. The van der Waals surface area contributed by atoms with Gasteiger partial charge in [0.25, 0.3) is 5.91 Å². The fraction of sp³-hybridized carbons (Fsp3) is 0.250. The van der Waals surface area contributed by atoms with Crippen molar-refractivity contribution in [2.45, 2.75) is 26.3 Å². The van der Waals surface area contributed by atoms with Crippen molar-refractivity contribution in [1.82, 2.24) is 5.32 Å². The van der Waals surface area contributed by atoms with Crippen LogP contribution >= 0.6 is 0 Å². The van der Waals surface area contributed by atoms with Crippen LogP contribution in [0.15, 0.2) is 48.8 Å². The van der Waals surface area contributed by atoms with Crippen LogP contribution in [0.5, 0.6) is 0 Å². The Morgan fingerprint density at radius 2 is 1.74 bits per heavy atom. The molecule has 0 atom stereocenters. The first-order chi connectivity index (χ1) is 9.16. The smallest absolute Gasteiger partial charge is 0.251 e. The van der Waals surface area contributed by atoms with Gasteiger partial charge >= 0.3 is 0 Å². The number of pyridine rings is 1. The number of benzene rings is 1. The summed E-state index contributed by atoms with van der Waals surface area (Å²) in [5.74, 6) is 0.445. The molecule has 1 amide bonds. The monoisotopic (exact) mass is 255 g/mol. The summed E-state index contributed by atoms with van der Waals surface area (Å²) >= 11 is 0. The molecule has 2 rings (SSSR count). The van der Waals surface area contributed by atoms with Crippen LogP contribution in [0.3, 0.4) is 0 Å². The van der Waals surface area contributed by atoms with E-state index in [-0.39, 0.29) is 5.91 Å². The summed E-state index contributed by atoms with van der Waals surface area (Å²) in [5.41, 5.74) is 3.02. The van der Waals surface area contributed by atoms with E-state index in [9.17, 15) is 4.79 Å². The summed E-state index contributed by atoms with van der Waals surface area (Å²) in [4.78, 5) is 14.9. The van der Waals surface area contributed by atoms with Gasteiger partial charge in [-0.25, -0.2) is 4.98 Å². The number of carbonyl (C=O) groups is 1. The standard InChI is InChI=1S/C16H18N2O/c1-12(2)14-3-5-15(6-4-14)16(19)18-11-13-7-9-17-10-8-13/h3-10,12H,11H2,1-2H3,(H,18,19)/p+1. The van der Waals surface area contributed by atoms with Gasteiger partial charge in [-0.15, -0.1) is 0 Å². The normalized spacial score (nSPS) is 10.5. The van der Waals surface area contributed by atoms with Crippen LogP contribution in [0.25, 0.3) is 0 Å². The van der Waals surface area contributed by atoms with Crippen molar-refractivity contribution in [1.29, 1.82) is 0 Å². The zero-order valence-corrected chi connectivity index (χ0v) is 11.3. The van der Waals surface area contributed by atoms with Gasteiger partial charge in [0.2, 0.25) is 0 Å². The molecule has 0 fully saturated rings. The lowest BCUT2D eigenvalue weighted by Gasteiger charge is -2.07. The van der Waals surface area contributed by atoms with E-state index in [2.05, 4.69) is 24.1 Å². The van der Waals surface area contributed by atoms with E-state index < -0.39 is 0 Å². The zero-order valence-electron chi connectivity index (χ0n) is 11.3. The summed E-state index contributed by atoms with van der Waals surface area (Å²) in [7, 11) is 0. The SMILES string of the molecule is CC(C)c1ccc(C(=O)NCc2cc[nH+]cc2)cc1. The highest BCUT2D eigenvalue weighted by Crippen LogP contribution is 2.14. The van der Waals surface area contributed by atoms with Crippen LogP contribution in [-0.4, -0.2) is 5.91 Å². The summed E-state index contributed by atoms with van der Waals surface area (Å²) in [5, 5.41) is 2.91. The quantitative estimate of drug-likeness (QED) is 0.896. The van der Waals surface area contributed by atoms with Gasteiger partial charge in [-0.05, 0) is 29.2 Å². The molecule has 3 nitrogen and oxygen atoms in total. The Labute approximate surface area is 113 Å². The minimum absolute atomic E-state index is 0.0388. The number of H-pyrrole nitrogens is 1. The molecular weight excluding hydrogens is 236 g/mol. The Morgan fingerprint density at radius 3 is 2.32 bits per heavy atom. The van der Waals surface area contributed by atoms with Crippen LogP contribution in [0, 0.1) is 0 Å². The number of nitrogens with one attached hydrogen (secondary N) is 2. The van der Waals surface area contributed by atoms with E-state index in [4.69, 9.17) is 0 Å². The molecule has 1 aromatic carbocycles. The number of aromatic amines is 1. The van der Waals surface area contributed by atoms with Crippen molar-refractivity contribution in [2.75, 3.05) is 0 Å². The Bertz CT molecular complexity index is 532. The third kappa shape index (κ3) is 3.65. The molecule has 0 aliphatic heterocycles. The van der Waals surface area contributed by atoms with Crippen LogP contribution < -0.4 is 10.3 Å². The molecule has 0 aliphatic carbocycles. The minimum atomic E-state index is -0.0388. The van der Waals surface area contributed by atoms with Crippen molar-refractivity contribution in [3.8, 4) is 0 Å². The molecule has 1 aromatic heterocycles. The predicted molar refractivity (Wildman–Crippen MR) is 74.7 cm³/mol. The van der Waals surface area contributed by atoms with Crippen LogP contribution in [0.2, 0.25) is 0 Å². The lowest BCUT2D eigenvalue weighted by atomic mass is 10.0. The molecule has 2 N–H and O–H groups in total. The first kappa shape index (κ1) is 13.3. The van der Waals surface area contributed by atoms with Crippen molar-refractivity contribution >= 4 is 5.91 Å². The minimum Gasteiger partial charge on any atom is -0.348 e. The van der Waals surface area contributed by atoms with Crippen LogP contribution in [-0.2, 0) is 6.54 Å². The molecular formula is C16H19N2O+. The lowest BCUT2D eigenvalue weighted by Crippen LogP contribution is -2.23. The van der Waals surface area contributed by atoms with Gasteiger partial charge < -0.3 is 5.32 Å². The second kappa shape index (κ2) is 6.14. The molecule has 0 aliphatic rings. The maximum Gasteiger partial charge on any atom is 0.251 e. The number of hydrogen-bond acceptors (Lipinski definition) is 1. The van der Waals surface area contributed by atoms with Crippen molar-refractivity contribution in [3.63, 3.8) is 0 Å². The molecule has 3 heteroatoms. The summed E-state index contributed by atoms with van der Waals surface area (Å²) in [6, 6.07) is 11.7. The Morgan fingerprint density at radius 1 is 1.11 bits per heavy atom. The predicted octanol–water partition coefficient (Wildman–Crippen LogP) is 2.55. The van der Waals surface area contributed by atoms with Crippen molar-refractivity contribution < 1.29 is 9.78 Å². The van der Waals surface area contributed by atoms with Gasteiger partial charge in [0.05, 0.1) is 0 Å². The van der Waals surface area contributed by atoms with Gasteiger partial charge in [-0.2, -0.15) is 0 Å². The Kier molecular flexibility index (Phi) is 4.29. The zero-order chi connectivity index (χ0) is 13.7. The van der Waals surface area contributed by atoms with Crippen molar-refractivity contribution in [3.05, 3.63) is 65.5 Å². The van der Waals surface area contributed by atoms with Gasteiger partial charge in [-0.3, -0.25) is 4.79 Å². The summed E-state index contributed by atoms with van der Waals surface area (Å²) < 4.78 is 0. The van der Waals surface area contributed by atoms with E-state index in [1.54, 1.807) is 0 Å². The number of rotatable bonds is 4. The van der Waals surface area contributed by atoms with Crippen molar-refractivity contribution in [2.24, 2.45) is 0 Å². The molecule has 0 spiro atoms. The molecule has 0 saturated carbocycles. The number of hydrogen-bond donors (Lipinski definition) is 1. The van der Waals surface area contributed by atoms with E-state index in [1.807, 2.05) is 48.8 Å². The van der Waals surface area contributed by atoms with E-state index in [1.165, 1.54) is 5.56 Å². The fourth-order valence-electron chi connectivity index (χ4n) is 1.84. The molecule has 1 heterocycles. The largest absolute Gasteiger partial charge is 0.348 e. The maximum absolute atomic E-state index is 12.0. The second-order valence-electron chi connectivity index (χ2n) is 4.87. The van der Waals surface area contributed by atoms with E-state index in [0.717, 1.165) is 5.56 Å². The van der Waals surface area contributed by atoms with Gasteiger partial charge in [0, 0.05) is 24.2 Å². The average Bonchev–Trinajstić information content (AvgIpc) is 2.46. The number of aromatic nitrogens is 1. The number of amides is 1. The van der Waals surface area contributed by atoms with Gasteiger partial charge in [0.15, 0.2) is 12.4 Å². The van der Waals surface area contributed by atoms with E-state index >= 15 is 0 Å². The molecule has 0 radical (unpaired) electrons. The highest BCUT2D eigenvalue weighted by Gasteiger charge is 2.06. The lowest BCUT2D eigenvalue weighted by molar-refractivity contribution is -0.378. The molecule has 0 saturated heterocycles. The first-order valence-electron chi connectivity index (χ1n) is 6.50. The Hall–Kier alpha value is -2.16. The third-order valence-corrected chi connectivity index (χ3v) is 3.08. The topological polar surface area (TPSA) is 43.2 Å². The molecule has 19 heavy (non-hydrogen) atoms. The average molecular weight is 255 g/mol. The van der Waals surface area contributed by atoms with Gasteiger partial charge in [0.1, 0.15) is 0 Å². The molecule has 0 unspecified atom stereocenters.